The van der Waals surface area contributed by atoms with E-state index in [1.165, 1.54) is 0 Å². The summed E-state index contributed by atoms with van der Waals surface area (Å²) in [6.45, 7) is 1.98. The van der Waals surface area contributed by atoms with Crippen LogP contribution in [0.5, 0.6) is 0 Å². The molecule has 1 atom stereocenters. The van der Waals surface area contributed by atoms with Crippen molar-refractivity contribution >= 4 is 33.2 Å². The first kappa shape index (κ1) is 12.8. The Hall–Kier alpha value is -0.290. The van der Waals surface area contributed by atoms with E-state index >= 15 is 0 Å². The first-order valence-corrected chi connectivity index (χ1v) is 5.70. The van der Waals surface area contributed by atoms with E-state index < -0.39 is 6.10 Å². The number of anilines is 1. The van der Waals surface area contributed by atoms with Gasteiger partial charge in [-0.3, -0.25) is 0 Å². The second-order valence-corrected chi connectivity index (χ2v) is 4.56. The normalized spacial score (nSPS) is 12.6. The maximum absolute atomic E-state index is 9.18. The molecule has 0 radical (unpaired) electrons. The molecule has 5 heteroatoms. The van der Waals surface area contributed by atoms with Crippen LogP contribution in [0, 0.1) is 6.92 Å². The summed E-state index contributed by atoms with van der Waals surface area (Å²) in [5.41, 5.74) is 1.88. The minimum absolute atomic E-state index is 0.249. The van der Waals surface area contributed by atoms with Crippen molar-refractivity contribution in [1.82, 2.24) is 0 Å². The molecule has 1 aromatic carbocycles. The van der Waals surface area contributed by atoms with Crippen LogP contribution in [-0.2, 0) is 0 Å². The van der Waals surface area contributed by atoms with E-state index in [1.807, 2.05) is 19.1 Å². The van der Waals surface area contributed by atoms with E-state index in [0.717, 1.165) is 15.7 Å². The van der Waals surface area contributed by atoms with Gasteiger partial charge >= 0.3 is 0 Å². The molecule has 1 rings (SSSR count). The van der Waals surface area contributed by atoms with Gasteiger partial charge in [0.25, 0.3) is 0 Å². The van der Waals surface area contributed by atoms with Crippen LogP contribution >= 0.6 is 27.5 Å². The number of hydrogen-bond donors (Lipinski definition) is 3. The van der Waals surface area contributed by atoms with Gasteiger partial charge in [0.1, 0.15) is 0 Å². The fourth-order valence-electron chi connectivity index (χ4n) is 1.13. The molecule has 3 N–H and O–H groups in total. The van der Waals surface area contributed by atoms with Crippen molar-refractivity contribution in [3.63, 3.8) is 0 Å². The van der Waals surface area contributed by atoms with Crippen molar-refractivity contribution < 1.29 is 10.2 Å². The van der Waals surface area contributed by atoms with Crippen molar-refractivity contribution in [2.75, 3.05) is 18.5 Å². The molecule has 0 aromatic heterocycles. The molecule has 1 aromatic rings. The number of aliphatic hydroxyl groups excluding tert-OH is 2. The van der Waals surface area contributed by atoms with Crippen molar-refractivity contribution in [3.8, 4) is 0 Å². The molecule has 0 fully saturated rings. The van der Waals surface area contributed by atoms with Crippen molar-refractivity contribution in [1.29, 1.82) is 0 Å². The highest BCUT2D eigenvalue weighted by Gasteiger charge is 2.06. The monoisotopic (exact) mass is 293 g/mol. The van der Waals surface area contributed by atoms with Gasteiger partial charge in [-0.25, -0.2) is 0 Å². The molecule has 0 bridgehead atoms. The third kappa shape index (κ3) is 3.65. The van der Waals surface area contributed by atoms with Gasteiger partial charge in [-0.2, -0.15) is 0 Å². The molecular formula is C10H13BrClNO2. The Morgan fingerprint density at radius 2 is 2.20 bits per heavy atom. The summed E-state index contributed by atoms with van der Waals surface area (Å²) in [5.74, 6) is 0. The van der Waals surface area contributed by atoms with Crippen molar-refractivity contribution in [2.45, 2.75) is 13.0 Å². The van der Waals surface area contributed by atoms with E-state index in [9.17, 15) is 5.11 Å². The molecule has 1 unspecified atom stereocenters. The lowest BCUT2D eigenvalue weighted by Gasteiger charge is -2.13. The molecule has 0 aliphatic rings. The summed E-state index contributed by atoms with van der Waals surface area (Å²) >= 11 is 9.23. The fraction of sp³-hybridized carbons (Fsp3) is 0.400. The molecule has 15 heavy (non-hydrogen) atoms. The zero-order chi connectivity index (χ0) is 11.4. The zero-order valence-electron chi connectivity index (χ0n) is 8.30. The predicted molar refractivity (Wildman–Crippen MR) is 65.5 cm³/mol. The Morgan fingerprint density at radius 3 is 2.80 bits per heavy atom. The third-order valence-electron chi connectivity index (χ3n) is 2.01. The van der Waals surface area contributed by atoms with E-state index in [-0.39, 0.29) is 6.61 Å². The number of halogens is 2. The Kier molecular flexibility index (Phi) is 4.86. The number of aryl methyl sites for hydroxylation is 1. The number of benzene rings is 1. The molecule has 0 saturated carbocycles. The maximum atomic E-state index is 9.18. The first-order valence-electron chi connectivity index (χ1n) is 4.53. The Labute approximate surface area is 102 Å². The standard InChI is InChI=1S/C10H13BrClNO2/c1-6-2-9(12)8(11)3-10(6)13-4-7(15)5-14/h2-3,7,13-15H,4-5H2,1H3. The first-order chi connectivity index (χ1) is 7.04. The highest BCUT2D eigenvalue weighted by atomic mass is 79.9. The molecule has 0 heterocycles. The summed E-state index contributed by atoms with van der Waals surface area (Å²) in [4.78, 5) is 0. The summed E-state index contributed by atoms with van der Waals surface area (Å²) in [6.07, 6.45) is -0.751. The van der Waals surface area contributed by atoms with Crippen LogP contribution in [0.4, 0.5) is 5.69 Å². The van der Waals surface area contributed by atoms with Crippen molar-refractivity contribution in [2.24, 2.45) is 0 Å². The molecule has 84 valence electrons. The summed E-state index contributed by atoms with van der Waals surface area (Å²) in [5, 5.41) is 21.5. The quantitative estimate of drug-likeness (QED) is 0.798. The molecule has 3 nitrogen and oxygen atoms in total. The van der Waals surface area contributed by atoms with Gasteiger partial charge < -0.3 is 15.5 Å². The van der Waals surface area contributed by atoms with Gasteiger partial charge in [0.2, 0.25) is 0 Å². The van der Waals surface area contributed by atoms with E-state index in [2.05, 4.69) is 21.2 Å². The van der Waals surface area contributed by atoms with E-state index in [1.54, 1.807) is 0 Å². The number of rotatable bonds is 4. The smallest absolute Gasteiger partial charge is 0.0942 e. The topological polar surface area (TPSA) is 52.5 Å². The van der Waals surface area contributed by atoms with Gasteiger partial charge in [0.05, 0.1) is 17.7 Å². The second kappa shape index (κ2) is 5.70. The lowest BCUT2D eigenvalue weighted by Crippen LogP contribution is -2.23. The fourth-order valence-corrected chi connectivity index (χ4v) is 1.69. The Balaban J connectivity index is 2.73. The molecule has 0 spiro atoms. The summed E-state index contributed by atoms with van der Waals surface area (Å²) in [6, 6.07) is 3.68. The maximum Gasteiger partial charge on any atom is 0.0942 e. The van der Waals surface area contributed by atoms with Crippen LogP contribution in [0.15, 0.2) is 16.6 Å². The number of nitrogens with one attached hydrogen (secondary N) is 1. The minimum atomic E-state index is -0.751. The number of aliphatic hydroxyl groups is 2. The van der Waals surface area contributed by atoms with Gasteiger partial charge in [0.15, 0.2) is 0 Å². The second-order valence-electron chi connectivity index (χ2n) is 3.30. The number of hydrogen-bond acceptors (Lipinski definition) is 3. The van der Waals surface area contributed by atoms with Crippen LogP contribution in [0.2, 0.25) is 5.02 Å². The highest BCUT2D eigenvalue weighted by Crippen LogP contribution is 2.28. The van der Waals surface area contributed by atoms with E-state index in [0.29, 0.717) is 11.6 Å². The predicted octanol–water partition coefficient (Wildman–Crippen LogP) is 2.18. The summed E-state index contributed by atoms with van der Waals surface area (Å²) in [7, 11) is 0. The SMILES string of the molecule is Cc1cc(Cl)c(Br)cc1NCC(O)CO. The van der Waals surface area contributed by atoms with Gasteiger partial charge in [-0.05, 0) is 40.5 Å². The van der Waals surface area contributed by atoms with Crippen LogP contribution in [-0.4, -0.2) is 29.5 Å². The molecule has 0 aliphatic heterocycles. The molecular weight excluding hydrogens is 281 g/mol. The average Bonchev–Trinajstić information content (AvgIpc) is 2.21. The van der Waals surface area contributed by atoms with Crippen LogP contribution < -0.4 is 5.32 Å². The lowest BCUT2D eigenvalue weighted by atomic mass is 10.2. The largest absolute Gasteiger partial charge is 0.394 e. The third-order valence-corrected chi connectivity index (χ3v) is 3.20. The summed E-state index contributed by atoms with van der Waals surface area (Å²) < 4.78 is 0.802. The Bertz CT molecular complexity index is 346. The van der Waals surface area contributed by atoms with Gasteiger partial charge in [-0.15, -0.1) is 0 Å². The zero-order valence-corrected chi connectivity index (χ0v) is 10.6. The minimum Gasteiger partial charge on any atom is -0.394 e. The van der Waals surface area contributed by atoms with Gasteiger partial charge in [0, 0.05) is 16.7 Å². The van der Waals surface area contributed by atoms with Gasteiger partial charge in [-0.1, -0.05) is 11.6 Å². The van der Waals surface area contributed by atoms with E-state index in [4.69, 9.17) is 16.7 Å². The molecule has 0 aliphatic carbocycles. The molecule has 0 amide bonds. The lowest BCUT2D eigenvalue weighted by molar-refractivity contribution is 0.105. The Morgan fingerprint density at radius 1 is 1.53 bits per heavy atom. The van der Waals surface area contributed by atoms with Crippen LogP contribution in [0.1, 0.15) is 5.56 Å². The van der Waals surface area contributed by atoms with Crippen LogP contribution in [0.3, 0.4) is 0 Å². The highest BCUT2D eigenvalue weighted by molar-refractivity contribution is 9.10. The van der Waals surface area contributed by atoms with Crippen molar-refractivity contribution in [3.05, 3.63) is 27.2 Å². The molecule has 0 saturated heterocycles. The average molecular weight is 295 g/mol. The van der Waals surface area contributed by atoms with Crippen LogP contribution in [0.25, 0.3) is 0 Å².